The van der Waals surface area contributed by atoms with Crippen LogP contribution < -0.4 is 10.1 Å². The summed E-state index contributed by atoms with van der Waals surface area (Å²) in [4.78, 5) is 13.5. The zero-order chi connectivity index (χ0) is 20.8. The number of halogens is 1. The SMILES string of the molecule is COc1cccc(NC(=O)/C(C#N)=C/c2cc(Br)c(Sc3ccc(C)cc3)o2)c1. The monoisotopic (exact) mass is 468 g/mol. The summed E-state index contributed by atoms with van der Waals surface area (Å²) in [6.45, 7) is 2.03. The van der Waals surface area contributed by atoms with Crippen molar-refractivity contribution in [3.8, 4) is 11.8 Å². The summed E-state index contributed by atoms with van der Waals surface area (Å²) in [6, 6.07) is 18.6. The number of hydrogen-bond acceptors (Lipinski definition) is 5. The second-order valence-electron chi connectivity index (χ2n) is 6.06. The lowest BCUT2D eigenvalue weighted by atomic mass is 10.2. The van der Waals surface area contributed by atoms with Crippen molar-refractivity contribution in [3.63, 3.8) is 0 Å². The smallest absolute Gasteiger partial charge is 0.266 e. The first kappa shape index (κ1) is 20.8. The van der Waals surface area contributed by atoms with Gasteiger partial charge in [-0.3, -0.25) is 4.79 Å². The molecular weight excluding hydrogens is 452 g/mol. The highest BCUT2D eigenvalue weighted by Crippen LogP contribution is 2.36. The molecule has 2 aromatic carbocycles. The van der Waals surface area contributed by atoms with Gasteiger partial charge in [0.25, 0.3) is 5.91 Å². The number of anilines is 1. The maximum absolute atomic E-state index is 12.5. The molecule has 5 nitrogen and oxygen atoms in total. The number of carbonyl (C=O) groups is 1. The molecule has 1 amide bonds. The maximum atomic E-state index is 12.5. The van der Waals surface area contributed by atoms with Crippen molar-refractivity contribution in [2.24, 2.45) is 0 Å². The molecule has 0 fully saturated rings. The van der Waals surface area contributed by atoms with E-state index in [0.29, 0.717) is 22.3 Å². The Kier molecular flexibility index (Phi) is 6.81. The molecule has 0 saturated heterocycles. The van der Waals surface area contributed by atoms with Crippen LogP contribution in [-0.2, 0) is 4.79 Å². The van der Waals surface area contributed by atoms with Gasteiger partial charge in [-0.25, -0.2) is 0 Å². The highest BCUT2D eigenvalue weighted by Gasteiger charge is 2.14. The van der Waals surface area contributed by atoms with Crippen LogP contribution in [0.25, 0.3) is 6.08 Å². The van der Waals surface area contributed by atoms with E-state index >= 15 is 0 Å². The summed E-state index contributed by atoms with van der Waals surface area (Å²) < 4.78 is 11.7. The van der Waals surface area contributed by atoms with E-state index in [2.05, 4.69) is 21.2 Å². The van der Waals surface area contributed by atoms with Gasteiger partial charge in [0.1, 0.15) is 23.2 Å². The number of amides is 1. The van der Waals surface area contributed by atoms with Gasteiger partial charge in [0, 0.05) is 22.7 Å². The summed E-state index contributed by atoms with van der Waals surface area (Å²) in [6.07, 6.45) is 1.42. The van der Waals surface area contributed by atoms with Gasteiger partial charge < -0.3 is 14.5 Å². The van der Waals surface area contributed by atoms with Crippen LogP contribution in [-0.4, -0.2) is 13.0 Å². The largest absolute Gasteiger partial charge is 0.497 e. The molecule has 3 rings (SSSR count). The Labute approximate surface area is 181 Å². The lowest BCUT2D eigenvalue weighted by Crippen LogP contribution is -2.13. The third-order valence-electron chi connectivity index (χ3n) is 3.89. The number of nitriles is 1. The fraction of sp³-hybridized carbons (Fsp3) is 0.0909. The van der Waals surface area contributed by atoms with Gasteiger partial charge in [0.2, 0.25) is 0 Å². The highest BCUT2D eigenvalue weighted by atomic mass is 79.9. The molecule has 29 heavy (non-hydrogen) atoms. The number of nitrogens with zero attached hydrogens (tertiary/aromatic N) is 1. The molecule has 0 saturated carbocycles. The standard InChI is InChI=1S/C22H17BrN2O3S/c1-14-6-8-19(9-7-14)29-22-20(23)12-18(28-22)10-15(13-24)21(26)25-16-4-3-5-17(11-16)27-2/h3-12H,1-2H3,(H,25,26)/b15-10+. The molecule has 0 aliphatic heterocycles. The molecule has 0 aliphatic carbocycles. The van der Waals surface area contributed by atoms with Crippen LogP contribution in [0.5, 0.6) is 5.75 Å². The van der Waals surface area contributed by atoms with Crippen molar-refractivity contribution >= 4 is 45.4 Å². The molecule has 0 radical (unpaired) electrons. The molecule has 1 aromatic heterocycles. The van der Waals surface area contributed by atoms with Crippen molar-refractivity contribution in [2.75, 3.05) is 12.4 Å². The molecule has 146 valence electrons. The molecule has 0 aliphatic rings. The predicted octanol–water partition coefficient (Wildman–Crippen LogP) is 6.06. The Morgan fingerprint density at radius 2 is 2.00 bits per heavy atom. The van der Waals surface area contributed by atoms with Crippen molar-refractivity contribution in [3.05, 3.63) is 76.0 Å². The normalized spacial score (nSPS) is 11.0. The lowest BCUT2D eigenvalue weighted by Gasteiger charge is -2.06. The van der Waals surface area contributed by atoms with E-state index in [9.17, 15) is 10.1 Å². The predicted molar refractivity (Wildman–Crippen MR) is 117 cm³/mol. The third-order valence-corrected chi connectivity index (χ3v) is 5.73. The van der Waals surface area contributed by atoms with Gasteiger partial charge in [0.05, 0.1) is 11.6 Å². The number of rotatable bonds is 6. The first-order valence-corrected chi connectivity index (χ1v) is 10.2. The van der Waals surface area contributed by atoms with Crippen LogP contribution in [0.2, 0.25) is 0 Å². The van der Waals surface area contributed by atoms with E-state index in [1.165, 1.54) is 23.4 Å². The Hall–Kier alpha value is -2.95. The fourth-order valence-electron chi connectivity index (χ4n) is 2.41. The molecule has 0 bridgehead atoms. The second-order valence-corrected chi connectivity index (χ2v) is 7.96. The number of benzene rings is 2. The molecule has 0 spiro atoms. The number of nitrogens with one attached hydrogen (secondary N) is 1. The minimum Gasteiger partial charge on any atom is -0.497 e. The van der Waals surface area contributed by atoms with E-state index in [0.717, 1.165) is 9.37 Å². The molecule has 0 unspecified atom stereocenters. The third kappa shape index (κ3) is 5.53. The second kappa shape index (κ2) is 9.50. The zero-order valence-corrected chi connectivity index (χ0v) is 18.1. The number of carbonyl (C=O) groups excluding carboxylic acids is 1. The van der Waals surface area contributed by atoms with Gasteiger partial charge in [-0.2, -0.15) is 5.26 Å². The quantitative estimate of drug-likeness (QED) is 0.351. The van der Waals surface area contributed by atoms with E-state index in [-0.39, 0.29) is 5.57 Å². The average molecular weight is 469 g/mol. The van der Waals surface area contributed by atoms with Crippen LogP contribution >= 0.6 is 27.7 Å². The first-order valence-electron chi connectivity index (χ1n) is 8.59. The summed E-state index contributed by atoms with van der Waals surface area (Å²) in [7, 11) is 1.54. The van der Waals surface area contributed by atoms with Crippen molar-refractivity contribution in [1.29, 1.82) is 5.26 Å². The topological polar surface area (TPSA) is 75.3 Å². The minimum absolute atomic E-state index is 0.0686. The van der Waals surface area contributed by atoms with Gasteiger partial charge in [-0.15, -0.1) is 0 Å². The fourth-order valence-corrected chi connectivity index (χ4v) is 3.74. The number of ether oxygens (including phenoxy) is 1. The average Bonchev–Trinajstić information content (AvgIpc) is 3.06. The van der Waals surface area contributed by atoms with E-state index in [1.807, 2.05) is 37.3 Å². The number of hydrogen-bond donors (Lipinski definition) is 1. The first-order chi connectivity index (χ1) is 14.0. The summed E-state index contributed by atoms with van der Waals surface area (Å²) >= 11 is 4.92. The molecule has 1 heterocycles. The Morgan fingerprint density at radius 3 is 2.69 bits per heavy atom. The molecular formula is C22H17BrN2O3S. The Balaban J connectivity index is 1.77. The lowest BCUT2D eigenvalue weighted by molar-refractivity contribution is -0.112. The van der Waals surface area contributed by atoms with Gasteiger partial charge in [-0.1, -0.05) is 35.5 Å². The van der Waals surface area contributed by atoms with Crippen LogP contribution in [0.4, 0.5) is 5.69 Å². The molecule has 0 atom stereocenters. The van der Waals surface area contributed by atoms with Gasteiger partial charge in [-0.05, 0) is 53.2 Å². The molecule has 3 aromatic rings. The summed E-state index contributed by atoms with van der Waals surface area (Å²) in [5.74, 6) is 0.489. The minimum atomic E-state index is -0.527. The van der Waals surface area contributed by atoms with Crippen LogP contribution in [0.15, 0.2) is 79.0 Å². The van der Waals surface area contributed by atoms with Crippen LogP contribution in [0.3, 0.4) is 0 Å². The van der Waals surface area contributed by atoms with E-state index in [1.54, 1.807) is 37.4 Å². The number of methoxy groups -OCH3 is 1. The van der Waals surface area contributed by atoms with E-state index in [4.69, 9.17) is 9.15 Å². The number of aryl methyl sites for hydroxylation is 1. The van der Waals surface area contributed by atoms with Crippen LogP contribution in [0.1, 0.15) is 11.3 Å². The van der Waals surface area contributed by atoms with E-state index < -0.39 is 5.91 Å². The van der Waals surface area contributed by atoms with Crippen LogP contribution in [0, 0.1) is 18.3 Å². The molecule has 7 heteroatoms. The summed E-state index contributed by atoms with van der Waals surface area (Å²) in [5.41, 5.74) is 1.64. The van der Waals surface area contributed by atoms with Crippen molar-refractivity contribution in [2.45, 2.75) is 16.9 Å². The summed E-state index contributed by atoms with van der Waals surface area (Å²) in [5, 5.41) is 12.7. The van der Waals surface area contributed by atoms with Crippen molar-refractivity contribution < 1.29 is 13.9 Å². The van der Waals surface area contributed by atoms with Gasteiger partial charge in [0.15, 0.2) is 5.09 Å². The Morgan fingerprint density at radius 1 is 1.24 bits per heavy atom. The Bertz CT molecular complexity index is 1100. The zero-order valence-electron chi connectivity index (χ0n) is 15.7. The number of furan rings is 1. The highest BCUT2D eigenvalue weighted by molar-refractivity contribution is 9.10. The maximum Gasteiger partial charge on any atom is 0.266 e. The van der Waals surface area contributed by atoms with Gasteiger partial charge >= 0.3 is 0 Å². The molecule has 1 N–H and O–H groups in total. The van der Waals surface area contributed by atoms with Crippen molar-refractivity contribution in [1.82, 2.24) is 0 Å².